The fourth-order valence-electron chi connectivity index (χ4n) is 1.91. The molecule has 0 aromatic carbocycles. The van der Waals surface area contributed by atoms with Gasteiger partial charge in [-0.2, -0.15) is 18.3 Å². The molecule has 7 heteroatoms. The van der Waals surface area contributed by atoms with E-state index in [9.17, 15) is 13.2 Å². The number of halogens is 3. The predicted octanol–water partition coefficient (Wildman–Crippen LogP) is 2.27. The van der Waals surface area contributed by atoms with E-state index >= 15 is 0 Å². The minimum Gasteiger partial charge on any atom is -0.396 e. The van der Waals surface area contributed by atoms with Gasteiger partial charge in [-0.3, -0.25) is 9.67 Å². The van der Waals surface area contributed by atoms with Crippen LogP contribution in [0, 0.1) is 0 Å². The topological polar surface area (TPSA) is 50.9 Å². The molecule has 0 aliphatic heterocycles. The van der Waals surface area contributed by atoms with Gasteiger partial charge in [0.15, 0.2) is 5.69 Å². The fourth-order valence-corrected chi connectivity index (χ4v) is 1.91. The first-order valence-corrected chi connectivity index (χ1v) is 6.14. The summed E-state index contributed by atoms with van der Waals surface area (Å²) in [5.41, 5.74) is 0.00251. The zero-order chi connectivity index (χ0) is 14.6. The van der Waals surface area contributed by atoms with Crippen LogP contribution in [0.15, 0.2) is 30.7 Å². The highest BCUT2D eigenvalue weighted by Gasteiger charge is 2.36. The van der Waals surface area contributed by atoms with Crippen LogP contribution in [0.4, 0.5) is 13.2 Å². The van der Waals surface area contributed by atoms with Crippen molar-refractivity contribution in [1.29, 1.82) is 0 Å². The molecule has 0 radical (unpaired) electrons. The Hall–Kier alpha value is -1.89. The zero-order valence-corrected chi connectivity index (χ0v) is 10.6. The van der Waals surface area contributed by atoms with Crippen molar-refractivity contribution in [2.75, 3.05) is 6.61 Å². The smallest absolute Gasteiger partial charge is 0.396 e. The molecular weight excluding hydrogens is 271 g/mol. The number of nitrogens with zero attached hydrogens (tertiary/aromatic N) is 3. The molecule has 108 valence electrons. The Bertz CT molecular complexity index is 552. The standard InChI is InChI=1S/C13H14F3N3O/c14-13(15,16)12-11(4-2-6-20)9-19(18-12)8-10-3-1-5-17-7-10/h1,3,5,7,9,20H,2,4,6,8H2. The number of rotatable bonds is 5. The van der Waals surface area contributed by atoms with Crippen LogP contribution < -0.4 is 0 Å². The maximum Gasteiger partial charge on any atom is 0.435 e. The van der Waals surface area contributed by atoms with Gasteiger partial charge in [-0.05, 0) is 24.5 Å². The van der Waals surface area contributed by atoms with Gasteiger partial charge in [-0.25, -0.2) is 0 Å². The number of aryl methyl sites for hydroxylation is 1. The molecule has 0 unspecified atom stereocenters. The average Bonchev–Trinajstić information content (AvgIpc) is 2.80. The lowest BCUT2D eigenvalue weighted by Crippen LogP contribution is -2.10. The second kappa shape index (κ2) is 6.04. The summed E-state index contributed by atoms with van der Waals surface area (Å²) in [5, 5.41) is 12.4. The molecule has 0 aliphatic carbocycles. The second-order valence-electron chi connectivity index (χ2n) is 4.39. The Morgan fingerprint density at radius 1 is 1.30 bits per heavy atom. The van der Waals surface area contributed by atoms with Crippen LogP contribution >= 0.6 is 0 Å². The quantitative estimate of drug-likeness (QED) is 0.917. The molecule has 2 heterocycles. The highest BCUT2D eigenvalue weighted by atomic mass is 19.4. The number of pyridine rings is 1. The van der Waals surface area contributed by atoms with E-state index in [-0.39, 0.29) is 31.6 Å². The molecule has 0 amide bonds. The number of aliphatic hydroxyl groups is 1. The van der Waals surface area contributed by atoms with E-state index in [1.807, 2.05) is 0 Å². The van der Waals surface area contributed by atoms with Crippen LogP contribution in [0.5, 0.6) is 0 Å². The summed E-state index contributed by atoms with van der Waals surface area (Å²) in [6, 6.07) is 3.49. The van der Waals surface area contributed by atoms with Gasteiger partial charge in [0.25, 0.3) is 0 Å². The predicted molar refractivity (Wildman–Crippen MR) is 66.0 cm³/mol. The molecule has 0 bridgehead atoms. The van der Waals surface area contributed by atoms with Crippen molar-refractivity contribution >= 4 is 0 Å². The van der Waals surface area contributed by atoms with Crippen LogP contribution in [-0.4, -0.2) is 26.5 Å². The molecule has 4 nitrogen and oxygen atoms in total. The molecule has 2 rings (SSSR count). The van der Waals surface area contributed by atoms with Crippen molar-refractivity contribution in [2.45, 2.75) is 25.6 Å². The lowest BCUT2D eigenvalue weighted by Gasteiger charge is -2.05. The van der Waals surface area contributed by atoms with Gasteiger partial charge < -0.3 is 5.11 Å². The molecule has 1 N–H and O–H groups in total. The molecule has 20 heavy (non-hydrogen) atoms. The van der Waals surface area contributed by atoms with Crippen molar-refractivity contribution < 1.29 is 18.3 Å². The van der Waals surface area contributed by atoms with Gasteiger partial charge in [0.05, 0.1) is 6.54 Å². The van der Waals surface area contributed by atoms with Gasteiger partial charge in [0.2, 0.25) is 0 Å². The van der Waals surface area contributed by atoms with Crippen LogP contribution in [0.3, 0.4) is 0 Å². The van der Waals surface area contributed by atoms with Crippen molar-refractivity contribution in [1.82, 2.24) is 14.8 Å². The molecule has 0 aliphatic rings. The first kappa shape index (κ1) is 14.5. The molecule has 2 aromatic heterocycles. The monoisotopic (exact) mass is 285 g/mol. The number of aromatic nitrogens is 3. The summed E-state index contributed by atoms with van der Waals surface area (Å²) in [6.45, 7) is 0.0845. The largest absolute Gasteiger partial charge is 0.435 e. The molecule has 0 spiro atoms. The Labute approximate surface area is 113 Å². The van der Waals surface area contributed by atoms with E-state index in [0.717, 1.165) is 5.56 Å². The van der Waals surface area contributed by atoms with Crippen LogP contribution in [0.2, 0.25) is 0 Å². The van der Waals surface area contributed by atoms with Gasteiger partial charge in [0, 0.05) is 30.8 Å². The molecule has 0 atom stereocenters. The SMILES string of the molecule is OCCCc1cn(Cc2cccnc2)nc1C(F)(F)F. The zero-order valence-electron chi connectivity index (χ0n) is 10.6. The van der Waals surface area contributed by atoms with Crippen molar-refractivity contribution in [3.8, 4) is 0 Å². The maximum absolute atomic E-state index is 12.9. The minimum absolute atomic E-state index is 0.107. The highest BCUT2D eigenvalue weighted by molar-refractivity contribution is 5.21. The third kappa shape index (κ3) is 3.57. The second-order valence-corrected chi connectivity index (χ2v) is 4.39. The summed E-state index contributed by atoms with van der Waals surface area (Å²) in [6.07, 6.45) is 0.513. The lowest BCUT2D eigenvalue weighted by atomic mass is 10.1. The van der Waals surface area contributed by atoms with E-state index in [2.05, 4.69) is 10.1 Å². The van der Waals surface area contributed by atoms with E-state index in [1.165, 1.54) is 10.9 Å². The third-order valence-corrected chi connectivity index (χ3v) is 2.78. The van der Waals surface area contributed by atoms with Crippen molar-refractivity contribution in [3.63, 3.8) is 0 Å². The van der Waals surface area contributed by atoms with Crippen LogP contribution in [0.25, 0.3) is 0 Å². The summed E-state index contributed by atoms with van der Waals surface area (Å²) >= 11 is 0. The van der Waals surface area contributed by atoms with Crippen LogP contribution in [0.1, 0.15) is 23.2 Å². The number of aliphatic hydroxyl groups excluding tert-OH is 1. The number of alkyl halides is 3. The van der Waals surface area contributed by atoms with Gasteiger partial charge in [-0.1, -0.05) is 6.07 Å². The summed E-state index contributed by atoms with van der Waals surface area (Å²) in [4.78, 5) is 3.91. The van der Waals surface area contributed by atoms with Gasteiger partial charge in [-0.15, -0.1) is 0 Å². The normalized spacial score (nSPS) is 11.8. The van der Waals surface area contributed by atoms with E-state index in [4.69, 9.17) is 5.11 Å². The Morgan fingerprint density at radius 2 is 2.10 bits per heavy atom. The number of hydrogen-bond acceptors (Lipinski definition) is 3. The fraction of sp³-hybridized carbons (Fsp3) is 0.385. The molecule has 0 fully saturated rings. The third-order valence-electron chi connectivity index (χ3n) is 2.78. The van der Waals surface area contributed by atoms with Crippen molar-refractivity contribution in [2.24, 2.45) is 0 Å². The van der Waals surface area contributed by atoms with E-state index in [0.29, 0.717) is 0 Å². The average molecular weight is 285 g/mol. The summed E-state index contributed by atoms with van der Waals surface area (Å²) in [7, 11) is 0. The molecular formula is C13H14F3N3O. The van der Waals surface area contributed by atoms with E-state index in [1.54, 1.807) is 24.5 Å². The maximum atomic E-state index is 12.9. The molecule has 0 saturated carbocycles. The van der Waals surface area contributed by atoms with Gasteiger partial charge >= 0.3 is 6.18 Å². The Kier molecular flexibility index (Phi) is 4.39. The Balaban J connectivity index is 2.24. The molecule has 0 saturated heterocycles. The summed E-state index contributed by atoms with van der Waals surface area (Å²) < 4.78 is 39.9. The highest BCUT2D eigenvalue weighted by Crippen LogP contribution is 2.31. The molecule has 2 aromatic rings. The number of hydrogen-bond donors (Lipinski definition) is 1. The first-order chi connectivity index (χ1) is 9.50. The first-order valence-electron chi connectivity index (χ1n) is 6.14. The van der Waals surface area contributed by atoms with Crippen LogP contribution in [-0.2, 0) is 19.1 Å². The Morgan fingerprint density at radius 3 is 2.70 bits per heavy atom. The lowest BCUT2D eigenvalue weighted by molar-refractivity contribution is -0.142. The minimum atomic E-state index is -4.48. The summed E-state index contributed by atoms with van der Waals surface area (Å²) in [5.74, 6) is 0. The van der Waals surface area contributed by atoms with E-state index < -0.39 is 11.9 Å². The van der Waals surface area contributed by atoms with Gasteiger partial charge in [0.1, 0.15) is 0 Å². The van der Waals surface area contributed by atoms with Crippen molar-refractivity contribution in [3.05, 3.63) is 47.5 Å².